The predicted molar refractivity (Wildman–Crippen MR) is 62.9 cm³/mol. The molecular weight excluding hydrogens is 204 g/mol. The second-order valence-corrected chi connectivity index (χ2v) is 4.14. The van der Waals surface area contributed by atoms with Crippen molar-refractivity contribution in [3.05, 3.63) is 24.3 Å². The quantitative estimate of drug-likeness (QED) is 0.589. The SMILES string of the molecule is C/C=C/C=C/COC(=O)C1(O)CCCCC1. The minimum Gasteiger partial charge on any atom is -0.459 e. The summed E-state index contributed by atoms with van der Waals surface area (Å²) in [5.74, 6) is -0.475. The van der Waals surface area contributed by atoms with Crippen LogP contribution in [0.5, 0.6) is 0 Å². The molecule has 1 N–H and O–H groups in total. The molecule has 1 saturated carbocycles. The van der Waals surface area contributed by atoms with Crippen molar-refractivity contribution in [3.8, 4) is 0 Å². The number of allylic oxidation sites excluding steroid dienone is 3. The van der Waals surface area contributed by atoms with Gasteiger partial charge in [-0.15, -0.1) is 0 Å². The van der Waals surface area contributed by atoms with Gasteiger partial charge in [0, 0.05) is 0 Å². The molecule has 1 fully saturated rings. The number of ether oxygens (including phenoxy) is 1. The second-order valence-electron chi connectivity index (χ2n) is 4.14. The molecule has 0 amide bonds. The number of carbonyl (C=O) groups is 1. The molecule has 0 atom stereocenters. The highest BCUT2D eigenvalue weighted by Gasteiger charge is 2.38. The van der Waals surface area contributed by atoms with Gasteiger partial charge >= 0.3 is 5.97 Å². The molecule has 1 rings (SSSR count). The summed E-state index contributed by atoms with van der Waals surface area (Å²) in [7, 11) is 0. The Morgan fingerprint density at radius 3 is 2.62 bits per heavy atom. The van der Waals surface area contributed by atoms with E-state index in [9.17, 15) is 9.90 Å². The van der Waals surface area contributed by atoms with Gasteiger partial charge in [-0.3, -0.25) is 0 Å². The summed E-state index contributed by atoms with van der Waals surface area (Å²) >= 11 is 0. The summed E-state index contributed by atoms with van der Waals surface area (Å²) in [5, 5.41) is 10.0. The molecule has 16 heavy (non-hydrogen) atoms. The Hall–Kier alpha value is -1.09. The fourth-order valence-electron chi connectivity index (χ4n) is 1.84. The first-order valence-corrected chi connectivity index (χ1v) is 5.86. The number of carbonyl (C=O) groups excluding carboxylic acids is 1. The van der Waals surface area contributed by atoms with Gasteiger partial charge in [0.25, 0.3) is 0 Å². The number of rotatable bonds is 4. The molecule has 3 nitrogen and oxygen atoms in total. The zero-order chi connectivity index (χ0) is 11.9. The maximum atomic E-state index is 11.6. The van der Waals surface area contributed by atoms with Crippen LogP contribution in [0.25, 0.3) is 0 Å². The van der Waals surface area contributed by atoms with E-state index >= 15 is 0 Å². The lowest BCUT2D eigenvalue weighted by atomic mass is 9.85. The second kappa shape index (κ2) is 6.48. The number of hydrogen-bond acceptors (Lipinski definition) is 3. The van der Waals surface area contributed by atoms with Gasteiger partial charge in [0.1, 0.15) is 6.61 Å². The maximum absolute atomic E-state index is 11.6. The Bertz CT molecular complexity index is 273. The van der Waals surface area contributed by atoms with Crippen molar-refractivity contribution in [2.45, 2.75) is 44.6 Å². The smallest absolute Gasteiger partial charge is 0.338 e. The summed E-state index contributed by atoms with van der Waals surface area (Å²) in [5.41, 5.74) is -1.23. The lowest BCUT2D eigenvalue weighted by Crippen LogP contribution is -2.41. The third-order valence-electron chi connectivity index (χ3n) is 2.81. The van der Waals surface area contributed by atoms with E-state index in [2.05, 4.69) is 0 Å². The zero-order valence-electron chi connectivity index (χ0n) is 9.82. The molecule has 0 radical (unpaired) electrons. The molecule has 0 heterocycles. The van der Waals surface area contributed by atoms with Crippen molar-refractivity contribution >= 4 is 5.97 Å². The Balaban J connectivity index is 2.33. The van der Waals surface area contributed by atoms with E-state index in [4.69, 9.17) is 4.74 Å². The molecule has 1 aliphatic rings. The van der Waals surface area contributed by atoms with Crippen LogP contribution >= 0.6 is 0 Å². The van der Waals surface area contributed by atoms with Gasteiger partial charge in [-0.1, -0.05) is 24.6 Å². The van der Waals surface area contributed by atoms with Gasteiger partial charge in [-0.25, -0.2) is 4.79 Å². The van der Waals surface area contributed by atoms with Gasteiger partial charge in [0.2, 0.25) is 0 Å². The van der Waals surface area contributed by atoms with E-state index in [-0.39, 0.29) is 6.61 Å². The van der Waals surface area contributed by atoms with E-state index in [1.807, 2.05) is 25.2 Å². The predicted octanol–water partition coefficient (Wildman–Crippen LogP) is 2.36. The fraction of sp³-hybridized carbons (Fsp3) is 0.615. The molecule has 0 aromatic heterocycles. The van der Waals surface area contributed by atoms with Crippen LogP contribution in [0.2, 0.25) is 0 Å². The number of hydrogen-bond donors (Lipinski definition) is 1. The van der Waals surface area contributed by atoms with Crippen molar-refractivity contribution in [3.63, 3.8) is 0 Å². The minimum absolute atomic E-state index is 0.228. The summed E-state index contributed by atoms with van der Waals surface area (Å²) in [4.78, 5) is 11.6. The molecule has 3 heteroatoms. The van der Waals surface area contributed by atoms with Crippen LogP contribution in [0.1, 0.15) is 39.0 Å². The Kier molecular flexibility index (Phi) is 5.26. The molecule has 0 spiro atoms. The third-order valence-corrected chi connectivity index (χ3v) is 2.81. The van der Waals surface area contributed by atoms with Crippen molar-refractivity contribution in [1.82, 2.24) is 0 Å². The van der Waals surface area contributed by atoms with Crippen LogP contribution in [0.15, 0.2) is 24.3 Å². The highest BCUT2D eigenvalue weighted by Crippen LogP contribution is 2.28. The Morgan fingerprint density at radius 1 is 1.31 bits per heavy atom. The van der Waals surface area contributed by atoms with E-state index in [1.165, 1.54) is 0 Å². The highest BCUT2D eigenvalue weighted by molar-refractivity contribution is 5.79. The lowest BCUT2D eigenvalue weighted by molar-refractivity contribution is -0.167. The van der Waals surface area contributed by atoms with E-state index < -0.39 is 11.6 Å². The van der Waals surface area contributed by atoms with Crippen LogP contribution in [-0.4, -0.2) is 23.3 Å². The molecule has 0 aliphatic heterocycles. The standard InChI is InChI=1S/C13H20O3/c1-2-3-4-8-11-16-12(14)13(15)9-6-5-7-10-13/h2-4,8,15H,5-7,9-11H2,1H3/b3-2+,8-4+. The normalized spacial score (nSPS) is 20.4. The maximum Gasteiger partial charge on any atom is 0.338 e. The van der Waals surface area contributed by atoms with E-state index in [0.717, 1.165) is 19.3 Å². The topological polar surface area (TPSA) is 46.5 Å². The summed E-state index contributed by atoms with van der Waals surface area (Å²) < 4.78 is 5.02. The van der Waals surface area contributed by atoms with Gasteiger partial charge in [0.15, 0.2) is 5.60 Å². The van der Waals surface area contributed by atoms with Crippen molar-refractivity contribution in [2.75, 3.05) is 6.61 Å². The first-order valence-electron chi connectivity index (χ1n) is 5.86. The Morgan fingerprint density at radius 2 is 2.00 bits per heavy atom. The largest absolute Gasteiger partial charge is 0.459 e. The highest BCUT2D eigenvalue weighted by atomic mass is 16.5. The lowest BCUT2D eigenvalue weighted by Gasteiger charge is -2.29. The van der Waals surface area contributed by atoms with E-state index in [0.29, 0.717) is 12.8 Å². The first-order chi connectivity index (χ1) is 7.69. The van der Waals surface area contributed by atoms with Crippen LogP contribution in [0.4, 0.5) is 0 Å². The van der Waals surface area contributed by atoms with Gasteiger partial charge in [-0.2, -0.15) is 0 Å². The van der Waals surface area contributed by atoms with Gasteiger partial charge < -0.3 is 9.84 Å². The summed E-state index contributed by atoms with van der Waals surface area (Å²) in [6.07, 6.45) is 11.3. The molecule has 0 aromatic rings. The summed E-state index contributed by atoms with van der Waals surface area (Å²) in [6, 6.07) is 0. The average molecular weight is 224 g/mol. The molecule has 0 unspecified atom stereocenters. The molecule has 0 saturated heterocycles. The number of esters is 1. The third kappa shape index (κ3) is 3.81. The van der Waals surface area contributed by atoms with Gasteiger partial charge in [-0.05, 0) is 38.7 Å². The molecule has 1 aliphatic carbocycles. The average Bonchev–Trinajstić information content (AvgIpc) is 2.29. The van der Waals surface area contributed by atoms with Crippen molar-refractivity contribution < 1.29 is 14.6 Å². The molecule has 90 valence electrons. The monoisotopic (exact) mass is 224 g/mol. The number of aliphatic hydroxyl groups is 1. The van der Waals surface area contributed by atoms with Crippen LogP contribution in [0.3, 0.4) is 0 Å². The Labute approximate surface area is 96.8 Å². The van der Waals surface area contributed by atoms with Crippen LogP contribution in [0, 0.1) is 0 Å². The molecule has 0 aromatic carbocycles. The van der Waals surface area contributed by atoms with Crippen LogP contribution in [-0.2, 0) is 9.53 Å². The summed E-state index contributed by atoms with van der Waals surface area (Å²) in [6.45, 7) is 2.15. The van der Waals surface area contributed by atoms with E-state index in [1.54, 1.807) is 6.08 Å². The zero-order valence-corrected chi connectivity index (χ0v) is 9.82. The molecular formula is C13H20O3. The fourth-order valence-corrected chi connectivity index (χ4v) is 1.84. The van der Waals surface area contributed by atoms with Gasteiger partial charge in [0.05, 0.1) is 0 Å². The molecule has 0 bridgehead atoms. The first kappa shape index (κ1) is 13.0. The van der Waals surface area contributed by atoms with Crippen molar-refractivity contribution in [1.29, 1.82) is 0 Å². The van der Waals surface area contributed by atoms with Crippen molar-refractivity contribution in [2.24, 2.45) is 0 Å². The van der Waals surface area contributed by atoms with Crippen LogP contribution < -0.4 is 0 Å². The minimum atomic E-state index is -1.23.